The molecule has 2 aromatic rings. The Balaban J connectivity index is 1.55. The molecule has 1 unspecified atom stereocenters. The highest BCUT2D eigenvalue weighted by Crippen LogP contribution is 2.18. The lowest BCUT2D eigenvalue weighted by molar-refractivity contribution is 0.106. The van der Waals surface area contributed by atoms with Gasteiger partial charge in [-0.25, -0.2) is 0 Å². The van der Waals surface area contributed by atoms with E-state index in [1.807, 2.05) is 17.9 Å². The summed E-state index contributed by atoms with van der Waals surface area (Å²) in [5.74, 6) is 0. The standard InChI is InChI=1S/C18H26N4/c1-20(14-17-10-12-21(2)19-17)18-9-6-11-22(15-18)13-16-7-4-3-5-8-16/h3-5,7-8,10,12,18H,6,9,11,13-15H2,1-2H3. The van der Waals surface area contributed by atoms with Crippen molar-refractivity contribution in [2.45, 2.75) is 32.0 Å². The van der Waals surface area contributed by atoms with Gasteiger partial charge in [0.25, 0.3) is 0 Å². The molecule has 0 spiro atoms. The second-order valence-electron chi connectivity index (χ2n) is 6.41. The maximum atomic E-state index is 4.49. The van der Waals surface area contributed by atoms with Crippen LogP contribution in [0.25, 0.3) is 0 Å². The zero-order valence-electron chi connectivity index (χ0n) is 13.7. The summed E-state index contributed by atoms with van der Waals surface area (Å²) in [7, 11) is 4.21. The average Bonchev–Trinajstić information content (AvgIpc) is 2.93. The first-order valence-corrected chi connectivity index (χ1v) is 8.16. The Morgan fingerprint density at radius 3 is 2.77 bits per heavy atom. The lowest BCUT2D eigenvalue weighted by atomic mass is 10.0. The summed E-state index contributed by atoms with van der Waals surface area (Å²) in [6, 6.07) is 13.5. The van der Waals surface area contributed by atoms with Crippen molar-refractivity contribution in [2.24, 2.45) is 7.05 Å². The van der Waals surface area contributed by atoms with Gasteiger partial charge >= 0.3 is 0 Å². The molecule has 0 aliphatic carbocycles. The van der Waals surface area contributed by atoms with Crippen molar-refractivity contribution in [2.75, 3.05) is 20.1 Å². The van der Waals surface area contributed by atoms with Crippen LogP contribution in [-0.2, 0) is 20.1 Å². The molecule has 4 nitrogen and oxygen atoms in total. The number of hydrogen-bond donors (Lipinski definition) is 0. The number of nitrogens with zero attached hydrogens (tertiary/aromatic N) is 4. The fraction of sp³-hybridized carbons (Fsp3) is 0.500. The van der Waals surface area contributed by atoms with Crippen molar-refractivity contribution in [1.29, 1.82) is 0 Å². The molecule has 0 saturated carbocycles. The lowest BCUT2D eigenvalue weighted by Gasteiger charge is -2.37. The molecule has 1 aliphatic rings. The van der Waals surface area contributed by atoms with E-state index in [1.54, 1.807) is 0 Å². The summed E-state index contributed by atoms with van der Waals surface area (Å²) in [6.45, 7) is 4.36. The van der Waals surface area contributed by atoms with Crippen LogP contribution in [0.4, 0.5) is 0 Å². The van der Waals surface area contributed by atoms with E-state index in [2.05, 4.69) is 58.3 Å². The van der Waals surface area contributed by atoms with Gasteiger partial charge in [-0.05, 0) is 38.1 Å². The Bertz CT molecular complexity index is 578. The number of benzene rings is 1. The predicted octanol–water partition coefficient (Wildman–Crippen LogP) is 2.52. The monoisotopic (exact) mass is 298 g/mol. The fourth-order valence-corrected chi connectivity index (χ4v) is 3.31. The first-order chi connectivity index (χ1) is 10.7. The highest BCUT2D eigenvalue weighted by Gasteiger charge is 2.23. The molecule has 1 atom stereocenters. The lowest BCUT2D eigenvalue weighted by Crippen LogP contribution is -2.45. The summed E-state index contributed by atoms with van der Waals surface area (Å²) in [5.41, 5.74) is 2.57. The third kappa shape index (κ3) is 3.96. The Morgan fingerprint density at radius 1 is 1.23 bits per heavy atom. The van der Waals surface area contributed by atoms with Crippen molar-refractivity contribution in [1.82, 2.24) is 19.6 Å². The number of likely N-dealkylation sites (N-methyl/N-ethyl adjacent to an activating group) is 1. The Hall–Kier alpha value is -1.65. The molecule has 1 aliphatic heterocycles. The molecule has 4 heteroatoms. The van der Waals surface area contributed by atoms with Crippen molar-refractivity contribution >= 4 is 0 Å². The van der Waals surface area contributed by atoms with E-state index in [1.165, 1.54) is 24.9 Å². The highest BCUT2D eigenvalue weighted by atomic mass is 15.3. The van der Waals surface area contributed by atoms with Crippen molar-refractivity contribution < 1.29 is 0 Å². The van der Waals surface area contributed by atoms with Gasteiger partial charge in [-0.2, -0.15) is 5.10 Å². The molecule has 1 saturated heterocycles. The van der Waals surface area contributed by atoms with E-state index in [0.717, 1.165) is 25.3 Å². The van der Waals surface area contributed by atoms with Gasteiger partial charge in [-0.3, -0.25) is 14.5 Å². The van der Waals surface area contributed by atoms with Crippen LogP contribution in [0, 0.1) is 0 Å². The first-order valence-electron chi connectivity index (χ1n) is 8.16. The first kappa shape index (κ1) is 15.3. The maximum Gasteiger partial charge on any atom is 0.0764 e. The van der Waals surface area contributed by atoms with Gasteiger partial charge in [0.15, 0.2) is 0 Å². The zero-order chi connectivity index (χ0) is 15.4. The van der Waals surface area contributed by atoms with Crippen LogP contribution in [0.1, 0.15) is 24.1 Å². The maximum absolute atomic E-state index is 4.49. The van der Waals surface area contributed by atoms with E-state index < -0.39 is 0 Å². The van der Waals surface area contributed by atoms with E-state index >= 15 is 0 Å². The number of rotatable bonds is 5. The molecule has 2 heterocycles. The van der Waals surface area contributed by atoms with E-state index in [4.69, 9.17) is 0 Å². The van der Waals surface area contributed by atoms with Crippen LogP contribution in [-0.4, -0.2) is 45.8 Å². The summed E-state index contributed by atoms with van der Waals surface area (Å²) in [5, 5.41) is 4.49. The quantitative estimate of drug-likeness (QED) is 0.848. The van der Waals surface area contributed by atoms with Crippen LogP contribution in [0.15, 0.2) is 42.6 Å². The number of piperidine rings is 1. The van der Waals surface area contributed by atoms with Gasteiger partial charge < -0.3 is 0 Å². The molecule has 1 aromatic heterocycles. The molecule has 118 valence electrons. The SMILES string of the molecule is CN(Cc1ccn(C)n1)C1CCCN(Cc2ccccc2)C1. The normalized spacial score (nSPS) is 19.7. The van der Waals surface area contributed by atoms with E-state index in [0.29, 0.717) is 6.04 Å². The molecule has 0 radical (unpaired) electrons. The largest absolute Gasteiger partial charge is 0.298 e. The molecule has 1 aromatic carbocycles. The van der Waals surface area contributed by atoms with Crippen LogP contribution in [0.3, 0.4) is 0 Å². The number of hydrogen-bond acceptors (Lipinski definition) is 3. The Morgan fingerprint density at radius 2 is 2.05 bits per heavy atom. The minimum absolute atomic E-state index is 0.625. The molecular weight excluding hydrogens is 272 g/mol. The molecule has 0 amide bonds. The van der Waals surface area contributed by atoms with Gasteiger partial charge in [0, 0.05) is 38.9 Å². The van der Waals surface area contributed by atoms with Crippen LogP contribution in [0.5, 0.6) is 0 Å². The average molecular weight is 298 g/mol. The zero-order valence-corrected chi connectivity index (χ0v) is 13.7. The van der Waals surface area contributed by atoms with Crippen molar-refractivity contribution in [3.05, 3.63) is 53.9 Å². The molecule has 0 N–H and O–H groups in total. The van der Waals surface area contributed by atoms with Gasteiger partial charge in [0.2, 0.25) is 0 Å². The number of aromatic nitrogens is 2. The summed E-state index contributed by atoms with van der Waals surface area (Å²) < 4.78 is 1.88. The second-order valence-corrected chi connectivity index (χ2v) is 6.41. The highest BCUT2D eigenvalue weighted by molar-refractivity contribution is 5.14. The van der Waals surface area contributed by atoms with Crippen molar-refractivity contribution in [3.8, 4) is 0 Å². The Kier molecular flexibility index (Phi) is 4.90. The van der Waals surface area contributed by atoms with E-state index in [9.17, 15) is 0 Å². The fourth-order valence-electron chi connectivity index (χ4n) is 3.31. The molecule has 1 fully saturated rings. The predicted molar refractivity (Wildman–Crippen MR) is 89.4 cm³/mol. The number of aryl methyl sites for hydroxylation is 1. The summed E-state index contributed by atoms with van der Waals surface area (Å²) in [4.78, 5) is 5.04. The topological polar surface area (TPSA) is 24.3 Å². The van der Waals surface area contributed by atoms with Crippen LogP contribution < -0.4 is 0 Å². The third-order valence-corrected chi connectivity index (χ3v) is 4.53. The smallest absolute Gasteiger partial charge is 0.0764 e. The van der Waals surface area contributed by atoms with Crippen LogP contribution in [0.2, 0.25) is 0 Å². The second kappa shape index (κ2) is 7.07. The minimum atomic E-state index is 0.625. The summed E-state index contributed by atoms with van der Waals surface area (Å²) in [6.07, 6.45) is 4.59. The van der Waals surface area contributed by atoms with Crippen LogP contribution >= 0.6 is 0 Å². The molecule has 22 heavy (non-hydrogen) atoms. The van der Waals surface area contributed by atoms with E-state index in [-0.39, 0.29) is 0 Å². The molecule has 0 bridgehead atoms. The van der Waals surface area contributed by atoms with Gasteiger partial charge in [0.1, 0.15) is 0 Å². The minimum Gasteiger partial charge on any atom is -0.298 e. The molecule has 3 rings (SSSR count). The Labute approximate surface area is 133 Å². The van der Waals surface area contributed by atoms with Crippen molar-refractivity contribution in [3.63, 3.8) is 0 Å². The summed E-state index contributed by atoms with van der Waals surface area (Å²) >= 11 is 0. The van der Waals surface area contributed by atoms with Gasteiger partial charge in [-0.15, -0.1) is 0 Å². The third-order valence-electron chi connectivity index (χ3n) is 4.53. The molecular formula is C18H26N4. The number of likely N-dealkylation sites (tertiary alicyclic amines) is 1. The van der Waals surface area contributed by atoms with Gasteiger partial charge in [0.05, 0.1) is 5.69 Å². The van der Waals surface area contributed by atoms with Gasteiger partial charge in [-0.1, -0.05) is 30.3 Å².